The number of aryl methyl sites for hydroxylation is 1. The van der Waals surface area contributed by atoms with Gasteiger partial charge >= 0.3 is 5.97 Å². The molecule has 2 aromatic carbocycles. The monoisotopic (exact) mass is 725 g/mol. The lowest BCUT2D eigenvalue weighted by molar-refractivity contribution is -0.144. The van der Waals surface area contributed by atoms with E-state index in [1.54, 1.807) is 13.1 Å². The number of hydrogen-bond acceptors (Lipinski definition) is 9. The lowest BCUT2D eigenvalue weighted by Gasteiger charge is -2.37. The molecule has 2 saturated heterocycles. The van der Waals surface area contributed by atoms with Crippen LogP contribution in [-0.2, 0) is 25.6 Å². The summed E-state index contributed by atoms with van der Waals surface area (Å²) in [5, 5.41) is 29.9. The molecule has 0 saturated carbocycles. The predicted octanol–water partition coefficient (Wildman–Crippen LogP) is 1.53. The Morgan fingerprint density at radius 1 is 1.00 bits per heavy atom. The molecule has 3 heterocycles. The Hall–Kier alpha value is -3.56. The second-order valence-corrected chi connectivity index (χ2v) is 11.6. The number of aliphatic carboxylic acids is 1. The van der Waals surface area contributed by atoms with Crippen molar-refractivity contribution in [2.75, 3.05) is 31.7 Å². The molecule has 0 bridgehead atoms. The molecule has 6 N–H and O–H groups in total. The molecule has 3 aromatic rings. The lowest BCUT2D eigenvalue weighted by atomic mass is 10.1. The summed E-state index contributed by atoms with van der Waals surface area (Å²) in [6, 6.07) is 15.3. The van der Waals surface area contributed by atoms with Gasteiger partial charge in [0.05, 0.1) is 23.9 Å². The van der Waals surface area contributed by atoms with Crippen molar-refractivity contribution in [1.29, 1.82) is 0 Å². The minimum Gasteiger partial charge on any atom is -0.480 e. The van der Waals surface area contributed by atoms with Crippen LogP contribution in [0, 0.1) is 0 Å². The number of para-hydroxylation sites is 1. The number of rotatable bonds is 11. The molecule has 0 radical (unpaired) electrons. The number of carbonyl (C=O) groups excluding carboxylic acids is 3. The van der Waals surface area contributed by atoms with E-state index in [1.807, 2.05) is 54.6 Å². The third-order valence-electron chi connectivity index (χ3n) is 8.31. The van der Waals surface area contributed by atoms with Gasteiger partial charge in [-0.15, -0.1) is 37.2 Å². The van der Waals surface area contributed by atoms with Crippen LogP contribution in [0.2, 0.25) is 0 Å². The molecule has 16 heteroatoms. The Morgan fingerprint density at radius 3 is 2.38 bits per heavy atom. The number of amides is 3. The van der Waals surface area contributed by atoms with E-state index in [1.165, 1.54) is 21.1 Å². The number of carboxylic acid groups (broad SMARTS) is 1. The number of likely N-dealkylation sites (N-methyl/N-ethyl adjacent to an activating group) is 1. The maximum Gasteiger partial charge on any atom is 0.322 e. The lowest BCUT2D eigenvalue weighted by Crippen LogP contribution is -2.58. The fraction of sp³-hybridized carbons (Fsp3) is 0.406. The number of halogens is 3. The molecule has 3 amide bonds. The summed E-state index contributed by atoms with van der Waals surface area (Å²) >= 11 is 0. The van der Waals surface area contributed by atoms with Crippen LogP contribution in [-0.4, -0.2) is 106 Å². The molecule has 2 aliphatic rings. The number of aromatic nitrogens is 1. The van der Waals surface area contributed by atoms with E-state index in [9.17, 15) is 29.4 Å². The fourth-order valence-corrected chi connectivity index (χ4v) is 6.10. The van der Waals surface area contributed by atoms with Crippen molar-refractivity contribution in [3.8, 4) is 0 Å². The first-order valence-corrected chi connectivity index (χ1v) is 15.1. The zero-order valence-corrected chi connectivity index (χ0v) is 28.8. The van der Waals surface area contributed by atoms with Crippen LogP contribution >= 0.6 is 37.2 Å². The van der Waals surface area contributed by atoms with Crippen molar-refractivity contribution >= 4 is 77.5 Å². The number of carbonyl (C=O) groups is 4. The summed E-state index contributed by atoms with van der Waals surface area (Å²) < 4.78 is 0. The van der Waals surface area contributed by atoms with Crippen molar-refractivity contribution in [3.63, 3.8) is 0 Å². The molecule has 5 rings (SSSR count). The number of nitrogens with two attached hydrogens (primary N) is 1. The van der Waals surface area contributed by atoms with Gasteiger partial charge in [-0.2, -0.15) is 5.01 Å². The molecule has 2 fully saturated rings. The number of anilines is 1. The molecule has 2 aliphatic heterocycles. The van der Waals surface area contributed by atoms with Crippen LogP contribution in [0.4, 0.5) is 5.69 Å². The van der Waals surface area contributed by atoms with Crippen molar-refractivity contribution in [3.05, 3.63) is 72.4 Å². The number of pyridine rings is 1. The zero-order valence-electron chi connectivity index (χ0n) is 26.3. The number of hydrazine groups is 1. The standard InChI is InChI=1S/C32H39N7O6.3ClH/c1-34-17-29(41)37-18-22(33)14-26(37)31(43)39(24-13-21-9-5-6-10-25(21)35-16-24)38-19-23(15-27(38)32(44)45)36-30(42)28(40)12-11-20-7-3-2-4-8-20;;;/h2-10,13,16,22-23,26-28,34,40H,11-12,14-15,17-19,33H2,1H3,(H,36,42)(H,44,45);3*1H/t22?,23?,26-,27+,28-;;;/m1.../s1. The predicted molar refractivity (Wildman–Crippen MR) is 188 cm³/mol. The third kappa shape index (κ3) is 9.32. The molecule has 2 unspecified atom stereocenters. The number of fused-ring (bicyclic) bond motifs is 1. The first-order chi connectivity index (χ1) is 21.7. The van der Waals surface area contributed by atoms with E-state index in [0.29, 0.717) is 17.6 Å². The number of likely N-dealkylation sites (tertiary alicyclic amines) is 1. The van der Waals surface area contributed by atoms with E-state index in [-0.39, 0.29) is 82.0 Å². The molecule has 48 heavy (non-hydrogen) atoms. The van der Waals surface area contributed by atoms with Gasteiger partial charge in [0, 0.05) is 30.6 Å². The van der Waals surface area contributed by atoms with E-state index < -0.39 is 48.1 Å². The maximum atomic E-state index is 14.4. The molecule has 5 atom stereocenters. The van der Waals surface area contributed by atoms with Gasteiger partial charge in [-0.3, -0.25) is 24.2 Å². The highest BCUT2D eigenvalue weighted by atomic mass is 35.5. The Labute approximate surface area is 297 Å². The Bertz CT molecular complexity index is 1550. The summed E-state index contributed by atoms with van der Waals surface area (Å²) in [4.78, 5) is 58.9. The number of aliphatic hydroxyl groups is 1. The van der Waals surface area contributed by atoms with Crippen LogP contribution in [0.3, 0.4) is 0 Å². The summed E-state index contributed by atoms with van der Waals surface area (Å²) in [7, 11) is 1.63. The van der Waals surface area contributed by atoms with Gasteiger partial charge in [0.15, 0.2) is 0 Å². The molecular weight excluding hydrogens is 685 g/mol. The molecule has 0 spiro atoms. The Balaban J connectivity index is 0.00000267. The van der Waals surface area contributed by atoms with Gasteiger partial charge in [0.1, 0.15) is 18.2 Å². The largest absolute Gasteiger partial charge is 0.480 e. The first kappa shape index (κ1) is 40.6. The summed E-state index contributed by atoms with van der Waals surface area (Å²) in [6.07, 6.45) is 1.08. The quantitative estimate of drug-likeness (QED) is 0.195. The highest BCUT2D eigenvalue weighted by Crippen LogP contribution is 2.31. The van der Waals surface area contributed by atoms with Crippen molar-refractivity contribution in [2.45, 2.75) is 56.0 Å². The second-order valence-electron chi connectivity index (χ2n) is 11.6. The van der Waals surface area contributed by atoms with Gasteiger partial charge in [-0.1, -0.05) is 48.5 Å². The Morgan fingerprint density at radius 2 is 1.69 bits per heavy atom. The summed E-state index contributed by atoms with van der Waals surface area (Å²) in [5.41, 5.74) is 8.21. The van der Waals surface area contributed by atoms with Crippen LogP contribution < -0.4 is 21.4 Å². The van der Waals surface area contributed by atoms with Gasteiger partial charge in [-0.25, -0.2) is 5.01 Å². The summed E-state index contributed by atoms with van der Waals surface area (Å²) in [6.45, 7) is 0.161. The minimum absolute atomic E-state index is 0. The number of nitrogens with one attached hydrogen (secondary N) is 2. The van der Waals surface area contributed by atoms with Crippen molar-refractivity contribution < 1.29 is 29.4 Å². The molecule has 262 valence electrons. The topological polar surface area (TPSA) is 181 Å². The van der Waals surface area contributed by atoms with E-state index in [4.69, 9.17) is 5.73 Å². The SMILES string of the molecule is CNCC(=O)N1CC(N)C[C@@H]1C(=O)N(c1cnc2ccccc2c1)N1CC(NC(=O)[C@H](O)CCc2ccccc2)C[C@H]1C(=O)O.Cl.Cl.Cl. The van der Waals surface area contributed by atoms with Crippen LogP contribution in [0.1, 0.15) is 24.8 Å². The van der Waals surface area contributed by atoms with E-state index in [0.717, 1.165) is 10.9 Å². The normalized spacial score (nSPS) is 20.9. The maximum absolute atomic E-state index is 14.4. The average Bonchev–Trinajstić information content (AvgIpc) is 3.64. The molecular formula is C32H42Cl3N7O6. The third-order valence-corrected chi connectivity index (χ3v) is 8.31. The number of benzene rings is 2. The van der Waals surface area contributed by atoms with E-state index in [2.05, 4.69) is 15.6 Å². The van der Waals surface area contributed by atoms with Gasteiger partial charge in [0.2, 0.25) is 11.8 Å². The molecule has 13 nitrogen and oxygen atoms in total. The highest BCUT2D eigenvalue weighted by Gasteiger charge is 2.47. The summed E-state index contributed by atoms with van der Waals surface area (Å²) in [5.74, 6) is -2.62. The average molecular weight is 727 g/mol. The smallest absolute Gasteiger partial charge is 0.322 e. The van der Waals surface area contributed by atoms with E-state index >= 15 is 0 Å². The van der Waals surface area contributed by atoms with Crippen molar-refractivity contribution in [1.82, 2.24) is 25.5 Å². The Kier molecular flexibility index (Phi) is 15.5. The number of hydrogen-bond donors (Lipinski definition) is 5. The van der Waals surface area contributed by atoms with Gasteiger partial charge in [-0.05, 0) is 50.4 Å². The fourth-order valence-electron chi connectivity index (χ4n) is 6.10. The number of carboxylic acids is 1. The van der Waals surface area contributed by atoms with Crippen LogP contribution in [0.15, 0.2) is 66.9 Å². The van der Waals surface area contributed by atoms with Crippen LogP contribution in [0.25, 0.3) is 10.9 Å². The minimum atomic E-state index is -1.29. The zero-order chi connectivity index (χ0) is 32.1. The number of nitrogens with zero attached hydrogens (tertiary/aromatic N) is 4. The van der Waals surface area contributed by atoms with Gasteiger partial charge < -0.3 is 31.5 Å². The molecule has 0 aliphatic carbocycles. The number of aliphatic hydroxyl groups excluding tert-OH is 1. The highest BCUT2D eigenvalue weighted by molar-refractivity contribution is 6.01. The van der Waals surface area contributed by atoms with Gasteiger partial charge in [0.25, 0.3) is 5.91 Å². The molecule has 1 aromatic heterocycles. The first-order valence-electron chi connectivity index (χ1n) is 15.1. The van der Waals surface area contributed by atoms with Crippen LogP contribution in [0.5, 0.6) is 0 Å². The van der Waals surface area contributed by atoms with Crippen molar-refractivity contribution in [2.24, 2.45) is 5.73 Å². The second kappa shape index (κ2) is 18.3.